The molecular formula is C13H19FO. The molecule has 1 aromatic carbocycles. The summed E-state index contributed by atoms with van der Waals surface area (Å²) in [5.41, 5.74) is 2.10. The molecule has 15 heavy (non-hydrogen) atoms. The number of halogens is 1. The van der Waals surface area contributed by atoms with Crippen molar-refractivity contribution in [2.45, 2.75) is 27.2 Å². The van der Waals surface area contributed by atoms with Crippen molar-refractivity contribution in [2.75, 3.05) is 6.61 Å². The van der Waals surface area contributed by atoms with Gasteiger partial charge in [-0.05, 0) is 48.4 Å². The predicted octanol–water partition coefficient (Wildman–Crippen LogP) is 2.94. The maximum absolute atomic E-state index is 12.9. The summed E-state index contributed by atoms with van der Waals surface area (Å²) in [6.45, 7) is 6.29. The number of hydrogen-bond donors (Lipinski definition) is 1. The number of rotatable bonds is 4. The summed E-state index contributed by atoms with van der Waals surface area (Å²) < 4.78 is 12.9. The molecule has 0 bridgehead atoms. The van der Waals surface area contributed by atoms with Gasteiger partial charge in [-0.15, -0.1) is 0 Å². The third-order valence-electron chi connectivity index (χ3n) is 2.96. The van der Waals surface area contributed by atoms with Gasteiger partial charge in [0.05, 0.1) is 0 Å². The van der Waals surface area contributed by atoms with Gasteiger partial charge in [-0.3, -0.25) is 0 Å². The fraction of sp³-hybridized carbons (Fsp3) is 0.538. The van der Waals surface area contributed by atoms with Crippen LogP contribution in [0.15, 0.2) is 18.2 Å². The van der Waals surface area contributed by atoms with Crippen molar-refractivity contribution in [3.8, 4) is 0 Å². The van der Waals surface area contributed by atoms with Gasteiger partial charge in [0.15, 0.2) is 0 Å². The van der Waals surface area contributed by atoms with Crippen molar-refractivity contribution in [2.24, 2.45) is 11.8 Å². The molecule has 1 N–H and O–H groups in total. The maximum Gasteiger partial charge on any atom is 0.123 e. The lowest BCUT2D eigenvalue weighted by Gasteiger charge is -2.19. The first-order valence-corrected chi connectivity index (χ1v) is 5.40. The summed E-state index contributed by atoms with van der Waals surface area (Å²) >= 11 is 0. The lowest BCUT2D eigenvalue weighted by molar-refractivity contribution is 0.189. The quantitative estimate of drug-likeness (QED) is 0.810. The molecule has 1 rings (SSSR count). The zero-order chi connectivity index (χ0) is 11.4. The van der Waals surface area contributed by atoms with Crippen molar-refractivity contribution < 1.29 is 9.50 Å². The summed E-state index contributed by atoms with van der Waals surface area (Å²) in [5.74, 6) is 0.509. The highest BCUT2D eigenvalue weighted by atomic mass is 19.1. The largest absolute Gasteiger partial charge is 0.396 e. The Morgan fingerprint density at radius 1 is 1.33 bits per heavy atom. The van der Waals surface area contributed by atoms with E-state index in [1.807, 2.05) is 13.0 Å². The van der Waals surface area contributed by atoms with Crippen LogP contribution in [0.1, 0.15) is 25.0 Å². The number of hydrogen-bond acceptors (Lipinski definition) is 1. The Morgan fingerprint density at radius 3 is 2.47 bits per heavy atom. The van der Waals surface area contributed by atoms with Crippen molar-refractivity contribution >= 4 is 0 Å². The van der Waals surface area contributed by atoms with E-state index in [-0.39, 0.29) is 18.3 Å². The maximum atomic E-state index is 12.9. The zero-order valence-corrected chi connectivity index (χ0v) is 9.63. The molecule has 84 valence electrons. The monoisotopic (exact) mass is 210 g/mol. The second kappa shape index (κ2) is 5.26. The smallest absolute Gasteiger partial charge is 0.123 e. The molecule has 1 atom stereocenters. The first kappa shape index (κ1) is 12.2. The highest BCUT2D eigenvalue weighted by Gasteiger charge is 2.14. The van der Waals surface area contributed by atoms with Crippen LogP contribution < -0.4 is 0 Å². The Morgan fingerprint density at radius 2 is 2.00 bits per heavy atom. The van der Waals surface area contributed by atoms with Crippen LogP contribution in [0.4, 0.5) is 4.39 Å². The molecule has 1 unspecified atom stereocenters. The number of aliphatic hydroxyl groups is 1. The Bertz CT molecular complexity index is 320. The summed E-state index contributed by atoms with van der Waals surface area (Å²) in [5, 5.41) is 9.23. The van der Waals surface area contributed by atoms with Gasteiger partial charge < -0.3 is 5.11 Å². The first-order valence-electron chi connectivity index (χ1n) is 5.40. The molecule has 0 fully saturated rings. The lowest BCUT2D eigenvalue weighted by Crippen LogP contribution is -2.16. The van der Waals surface area contributed by atoms with Crippen LogP contribution in [0.3, 0.4) is 0 Å². The molecule has 0 saturated carbocycles. The van der Waals surface area contributed by atoms with E-state index in [1.165, 1.54) is 6.07 Å². The average Bonchev–Trinajstić information content (AvgIpc) is 2.16. The van der Waals surface area contributed by atoms with Gasteiger partial charge in [-0.25, -0.2) is 4.39 Å². The Labute approximate surface area is 90.9 Å². The highest BCUT2D eigenvalue weighted by molar-refractivity contribution is 5.27. The number of aliphatic hydroxyl groups excluding tert-OH is 1. The minimum atomic E-state index is -0.193. The van der Waals surface area contributed by atoms with E-state index in [0.29, 0.717) is 5.92 Å². The van der Waals surface area contributed by atoms with Crippen molar-refractivity contribution in [1.29, 1.82) is 0 Å². The fourth-order valence-electron chi connectivity index (χ4n) is 1.68. The molecule has 0 saturated heterocycles. The Hall–Kier alpha value is -0.890. The summed E-state index contributed by atoms with van der Waals surface area (Å²) in [6, 6.07) is 4.84. The second-order valence-electron chi connectivity index (χ2n) is 4.46. The highest BCUT2D eigenvalue weighted by Crippen LogP contribution is 2.19. The van der Waals surface area contributed by atoms with Crippen LogP contribution in [0.25, 0.3) is 0 Å². The van der Waals surface area contributed by atoms with E-state index in [1.54, 1.807) is 6.07 Å². The van der Waals surface area contributed by atoms with Crippen LogP contribution in [0.2, 0.25) is 0 Å². The molecule has 1 nitrogen and oxygen atoms in total. The van der Waals surface area contributed by atoms with Crippen LogP contribution in [0, 0.1) is 24.6 Å². The minimum Gasteiger partial charge on any atom is -0.396 e. The van der Waals surface area contributed by atoms with Crippen molar-refractivity contribution in [3.05, 3.63) is 35.1 Å². The Kier molecular flexibility index (Phi) is 4.28. The SMILES string of the molecule is Cc1cc(F)ccc1CC(CO)C(C)C. The Balaban J connectivity index is 2.79. The molecule has 0 amide bonds. The van der Waals surface area contributed by atoms with E-state index in [0.717, 1.165) is 17.5 Å². The van der Waals surface area contributed by atoms with E-state index in [2.05, 4.69) is 13.8 Å². The summed E-state index contributed by atoms with van der Waals surface area (Å²) in [4.78, 5) is 0. The molecule has 0 aromatic heterocycles. The third kappa shape index (κ3) is 3.31. The van der Waals surface area contributed by atoms with E-state index in [9.17, 15) is 9.50 Å². The van der Waals surface area contributed by atoms with Crippen molar-refractivity contribution in [3.63, 3.8) is 0 Å². The van der Waals surface area contributed by atoms with E-state index < -0.39 is 0 Å². The lowest BCUT2D eigenvalue weighted by atomic mass is 9.88. The van der Waals surface area contributed by atoms with E-state index >= 15 is 0 Å². The minimum absolute atomic E-state index is 0.189. The van der Waals surface area contributed by atoms with Gasteiger partial charge in [0.1, 0.15) is 5.82 Å². The molecule has 0 aliphatic carbocycles. The first-order chi connectivity index (χ1) is 7.04. The van der Waals surface area contributed by atoms with Crippen LogP contribution in [-0.4, -0.2) is 11.7 Å². The van der Waals surface area contributed by atoms with Crippen molar-refractivity contribution in [1.82, 2.24) is 0 Å². The molecule has 2 heteroatoms. The topological polar surface area (TPSA) is 20.2 Å². The number of aryl methyl sites for hydroxylation is 1. The second-order valence-corrected chi connectivity index (χ2v) is 4.46. The normalized spacial score (nSPS) is 13.2. The molecule has 1 aromatic rings. The molecule has 0 radical (unpaired) electrons. The van der Waals surface area contributed by atoms with Gasteiger partial charge in [-0.1, -0.05) is 19.9 Å². The van der Waals surface area contributed by atoms with Gasteiger partial charge >= 0.3 is 0 Å². The van der Waals surface area contributed by atoms with Crippen LogP contribution in [0.5, 0.6) is 0 Å². The third-order valence-corrected chi connectivity index (χ3v) is 2.96. The number of benzene rings is 1. The molecule has 0 aliphatic heterocycles. The molecule has 0 aliphatic rings. The molecule has 0 spiro atoms. The van der Waals surface area contributed by atoms with Gasteiger partial charge in [0, 0.05) is 6.61 Å². The predicted molar refractivity (Wildman–Crippen MR) is 60.3 cm³/mol. The summed E-state index contributed by atoms with van der Waals surface area (Å²) in [7, 11) is 0. The zero-order valence-electron chi connectivity index (χ0n) is 9.63. The summed E-state index contributed by atoms with van der Waals surface area (Å²) in [6.07, 6.45) is 0.820. The molecular weight excluding hydrogens is 191 g/mol. The van der Waals surface area contributed by atoms with Gasteiger partial charge in [0.25, 0.3) is 0 Å². The fourth-order valence-corrected chi connectivity index (χ4v) is 1.68. The van der Waals surface area contributed by atoms with E-state index in [4.69, 9.17) is 0 Å². The molecule has 0 heterocycles. The van der Waals surface area contributed by atoms with Crippen LogP contribution in [-0.2, 0) is 6.42 Å². The van der Waals surface area contributed by atoms with Gasteiger partial charge in [0.2, 0.25) is 0 Å². The standard InChI is InChI=1S/C13H19FO/c1-9(2)12(8-15)7-11-4-5-13(14)6-10(11)3/h4-6,9,12,15H,7-8H2,1-3H3. The van der Waals surface area contributed by atoms with Crippen LogP contribution >= 0.6 is 0 Å². The average molecular weight is 210 g/mol. The van der Waals surface area contributed by atoms with Gasteiger partial charge in [-0.2, -0.15) is 0 Å².